The summed E-state index contributed by atoms with van der Waals surface area (Å²) >= 11 is 0. The number of nitrogens with two attached hydrogens (primary N) is 1. The zero-order valence-electron chi connectivity index (χ0n) is 6.48. The van der Waals surface area contributed by atoms with Crippen molar-refractivity contribution < 1.29 is 4.79 Å². The molecule has 0 fully saturated rings. The number of Topliss-reactive ketones (excluding diaryl/α,β-unsaturated/α-hetero) is 1. The Hall–Kier alpha value is -1.23. The van der Waals surface area contributed by atoms with Crippen LogP contribution in [0.2, 0.25) is 0 Å². The Balaban J connectivity index is 2.93. The summed E-state index contributed by atoms with van der Waals surface area (Å²) in [5.41, 5.74) is 5.82. The van der Waals surface area contributed by atoms with E-state index in [-0.39, 0.29) is 5.78 Å². The molecule has 0 aliphatic carbocycles. The molecule has 60 valence electrons. The Morgan fingerprint density at radius 2 is 2.45 bits per heavy atom. The molecule has 2 N–H and O–H groups in total. The number of hydrogen-bond donors (Lipinski definition) is 1. The quantitative estimate of drug-likeness (QED) is 0.574. The molecule has 0 radical (unpaired) electrons. The maximum atomic E-state index is 11.2. The second kappa shape index (κ2) is 2.79. The zero-order chi connectivity index (χ0) is 8.43. The summed E-state index contributed by atoms with van der Waals surface area (Å²) in [5, 5.41) is 7.17. The third-order valence-corrected chi connectivity index (χ3v) is 1.38. The Bertz CT molecular complexity index is 265. The van der Waals surface area contributed by atoms with Crippen molar-refractivity contribution in [1.82, 2.24) is 15.0 Å². The average molecular weight is 154 g/mol. The molecule has 0 aliphatic heterocycles. The van der Waals surface area contributed by atoms with Crippen LogP contribution < -0.4 is 5.73 Å². The molecule has 0 bridgehead atoms. The average Bonchev–Trinajstić information content (AvgIpc) is 2.33. The van der Waals surface area contributed by atoms with Crippen molar-refractivity contribution in [2.24, 2.45) is 12.8 Å². The van der Waals surface area contributed by atoms with E-state index in [0.717, 1.165) is 0 Å². The second-order valence-electron chi connectivity index (χ2n) is 2.40. The lowest BCUT2D eigenvalue weighted by Gasteiger charge is -2.01. The van der Waals surface area contributed by atoms with E-state index in [2.05, 4.69) is 10.3 Å². The van der Waals surface area contributed by atoms with E-state index in [1.165, 1.54) is 10.9 Å². The summed E-state index contributed by atoms with van der Waals surface area (Å²) in [7, 11) is 1.66. The van der Waals surface area contributed by atoms with Crippen molar-refractivity contribution in [3.05, 3.63) is 11.9 Å². The van der Waals surface area contributed by atoms with Crippen LogP contribution in [0.5, 0.6) is 0 Å². The highest BCUT2D eigenvalue weighted by atomic mass is 16.1. The van der Waals surface area contributed by atoms with E-state index in [1.54, 1.807) is 14.0 Å². The van der Waals surface area contributed by atoms with Gasteiger partial charge in [-0.3, -0.25) is 4.79 Å². The van der Waals surface area contributed by atoms with Gasteiger partial charge in [0.2, 0.25) is 0 Å². The van der Waals surface area contributed by atoms with Crippen molar-refractivity contribution in [1.29, 1.82) is 0 Å². The lowest BCUT2D eigenvalue weighted by atomic mass is 10.2. The maximum absolute atomic E-state index is 11.2. The lowest BCUT2D eigenvalue weighted by Crippen LogP contribution is -2.28. The predicted molar refractivity (Wildman–Crippen MR) is 39.0 cm³/mol. The maximum Gasteiger partial charge on any atom is 0.198 e. The molecular weight excluding hydrogens is 144 g/mol. The topological polar surface area (TPSA) is 73.8 Å². The first kappa shape index (κ1) is 7.87. The third-order valence-electron chi connectivity index (χ3n) is 1.38. The Labute approximate surface area is 64.2 Å². The molecule has 11 heavy (non-hydrogen) atoms. The molecule has 0 aromatic carbocycles. The first-order chi connectivity index (χ1) is 5.13. The van der Waals surface area contributed by atoms with Gasteiger partial charge in [0.15, 0.2) is 5.78 Å². The van der Waals surface area contributed by atoms with Gasteiger partial charge in [0, 0.05) is 7.05 Å². The molecule has 1 atom stereocenters. The molecule has 0 amide bonds. The van der Waals surface area contributed by atoms with Crippen molar-refractivity contribution in [2.45, 2.75) is 13.0 Å². The molecule has 5 heteroatoms. The van der Waals surface area contributed by atoms with Gasteiger partial charge in [-0.15, -0.1) is 5.10 Å². The van der Waals surface area contributed by atoms with Crippen LogP contribution in [0.3, 0.4) is 0 Å². The Morgan fingerprint density at radius 1 is 1.82 bits per heavy atom. The van der Waals surface area contributed by atoms with Crippen LogP contribution in [0.4, 0.5) is 0 Å². The molecule has 0 saturated heterocycles. The third kappa shape index (κ3) is 1.43. The zero-order valence-corrected chi connectivity index (χ0v) is 6.48. The van der Waals surface area contributed by atoms with E-state index in [1.807, 2.05) is 0 Å². The number of carbonyl (C=O) groups excluding carboxylic acids is 1. The number of aromatic nitrogens is 3. The fourth-order valence-corrected chi connectivity index (χ4v) is 0.746. The number of carbonyl (C=O) groups is 1. The minimum absolute atomic E-state index is 0.141. The SMILES string of the molecule is C[C@@H](N)C(=O)c1cnnn1C. The number of rotatable bonds is 2. The highest BCUT2D eigenvalue weighted by molar-refractivity contribution is 5.97. The van der Waals surface area contributed by atoms with Crippen LogP contribution in [0.1, 0.15) is 17.4 Å². The summed E-state index contributed by atoms with van der Waals surface area (Å²) in [6, 6.07) is -0.493. The first-order valence-corrected chi connectivity index (χ1v) is 3.27. The van der Waals surface area contributed by atoms with Crippen molar-refractivity contribution >= 4 is 5.78 Å². The van der Waals surface area contributed by atoms with Crippen molar-refractivity contribution in [3.63, 3.8) is 0 Å². The highest BCUT2D eigenvalue weighted by Crippen LogP contribution is 1.97. The standard InChI is InChI=1S/C6H10N4O/c1-4(7)6(11)5-3-8-9-10(5)2/h3-4H,7H2,1-2H3/t4-/m1/s1. The van der Waals surface area contributed by atoms with Gasteiger partial charge >= 0.3 is 0 Å². The highest BCUT2D eigenvalue weighted by Gasteiger charge is 2.14. The van der Waals surface area contributed by atoms with E-state index in [0.29, 0.717) is 5.69 Å². The predicted octanol–water partition coefficient (Wildman–Crippen LogP) is -0.655. The molecular formula is C6H10N4O. The molecule has 1 heterocycles. The van der Waals surface area contributed by atoms with Crippen LogP contribution in [0, 0.1) is 0 Å². The fourth-order valence-electron chi connectivity index (χ4n) is 0.746. The Morgan fingerprint density at radius 3 is 2.82 bits per heavy atom. The largest absolute Gasteiger partial charge is 0.321 e. The molecule has 0 unspecified atom stereocenters. The molecule has 1 rings (SSSR count). The minimum atomic E-state index is -0.493. The van der Waals surface area contributed by atoms with Gasteiger partial charge in [0.25, 0.3) is 0 Å². The summed E-state index contributed by atoms with van der Waals surface area (Å²) in [5.74, 6) is -0.141. The molecule has 0 aliphatic rings. The Kier molecular flexibility index (Phi) is 2.00. The first-order valence-electron chi connectivity index (χ1n) is 3.27. The number of nitrogens with zero attached hydrogens (tertiary/aromatic N) is 3. The van der Waals surface area contributed by atoms with Crippen molar-refractivity contribution in [2.75, 3.05) is 0 Å². The lowest BCUT2D eigenvalue weighted by molar-refractivity contribution is 0.0958. The van der Waals surface area contributed by atoms with Crippen LogP contribution >= 0.6 is 0 Å². The number of ketones is 1. The number of hydrogen-bond acceptors (Lipinski definition) is 4. The summed E-state index contributed by atoms with van der Waals surface area (Å²) in [6.45, 7) is 1.63. The van der Waals surface area contributed by atoms with Gasteiger partial charge in [-0.2, -0.15) is 0 Å². The monoisotopic (exact) mass is 154 g/mol. The van der Waals surface area contributed by atoms with Crippen LogP contribution in [0.25, 0.3) is 0 Å². The normalized spacial score (nSPS) is 13.0. The fraction of sp³-hybridized carbons (Fsp3) is 0.500. The van der Waals surface area contributed by atoms with E-state index < -0.39 is 6.04 Å². The van der Waals surface area contributed by atoms with Crippen LogP contribution in [-0.4, -0.2) is 26.8 Å². The molecule has 5 nitrogen and oxygen atoms in total. The molecule has 1 aromatic heterocycles. The molecule has 0 saturated carbocycles. The van der Waals surface area contributed by atoms with Gasteiger partial charge in [-0.25, -0.2) is 4.68 Å². The summed E-state index contributed by atoms with van der Waals surface area (Å²) in [4.78, 5) is 11.2. The number of aryl methyl sites for hydroxylation is 1. The molecule has 0 spiro atoms. The van der Waals surface area contributed by atoms with Gasteiger partial charge < -0.3 is 5.73 Å². The van der Waals surface area contributed by atoms with Crippen LogP contribution in [-0.2, 0) is 7.05 Å². The van der Waals surface area contributed by atoms with E-state index in [4.69, 9.17) is 5.73 Å². The van der Waals surface area contributed by atoms with Crippen LogP contribution in [0.15, 0.2) is 6.20 Å². The van der Waals surface area contributed by atoms with Gasteiger partial charge in [-0.05, 0) is 6.92 Å². The summed E-state index contributed by atoms with van der Waals surface area (Å²) in [6.07, 6.45) is 1.41. The van der Waals surface area contributed by atoms with E-state index in [9.17, 15) is 4.79 Å². The molecule has 1 aromatic rings. The van der Waals surface area contributed by atoms with Gasteiger partial charge in [0.1, 0.15) is 5.69 Å². The van der Waals surface area contributed by atoms with E-state index >= 15 is 0 Å². The smallest absolute Gasteiger partial charge is 0.198 e. The van der Waals surface area contributed by atoms with Gasteiger partial charge in [-0.1, -0.05) is 5.21 Å². The minimum Gasteiger partial charge on any atom is -0.321 e. The second-order valence-corrected chi connectivity index (χ2v) is 2.40. The van der Waals surface area contributed by atoms with Crippen molar-refractivity contribution in [3.8, 4) is 0 Å². The van der Waals surface area contributed by atoms with Gasteiger partial charge in [0.05, 0.1) is 12.2 Å². The summed E-state index contributed by atoms with van der Waals surface area (Å²) < 4.78 is 1.41.